The van der Waals surface area contributed by atoms with Crippen LogP contribution in [0.2, 0.25) is 0 Å². The smallest absolute Gasteiger partial charge is 0.261 e. The third-order valence-electron chi connectivity index (χ3n) is 6.23. The number of hydrogen-bond acceptors (Lipinski definition) is 6. The summed E-state index contributed by atoms with van der Waals surface area (Å²) in [4.78, 5) is 40.2. The third kappa shape index (κ3) is 5.23. The molecule has 0 radical (unpaired) electrons. The Morgan fingerprint density at radius 3 is 2.67 bits per heavy atom. The van der Waals surface area contributed by atoms with Crippen LogP contribution in [-0.4, -0.2) is 74.0 Å². The second kappa shape index (κ2) is 10.1. The van der Waals surface area contributed by atoms with Gasteiger partial charge in [-0.2, -0.15) is 0 Å². The number of fused-ring (bicyclic) bond motifs is 1. The van der Waals surface area contributed by atoms with Crippen molar-refractivity contribution in [2.24, 2.45) is 0 Å². The van der Waals surface area contributed by atoms with Crippen LogP contribution in [0.25, 0.3) is 0 Å². The molecule has 0 spiro atoms. The lowest BCUT2D eigenvalue weighted by atomic mass is 10.1. The number of nitrogens with zero attached hydrogens (tertiary/aromatic N) is 2. The van der Waals surface area contributed by atoms with E-state index in [-0.39, 0.29) is 17.4 Å². The van der Waals surface area contributed by atoms with Gasteiger partial charge in [0.05, 0.1) is 11.1 Å². The summed E-state index contributed by atoms with van der Waals surface area (Å²) < 4.78 is 11.3. The first kappa shape index (κ1) is 22.9. The lowest BCUT2D eigenvalue weighted by Crippen LogP contribution is -2.38. The highest BCUT2D eigenvalue weighted by Crippen LogP contribution is 2.23. The molecule has 0 aromatic heterocycles. The number of nitrogens with one attached hydrogen (secondary N) is 1. The average molecular weight is 452 g/mol. The van der Waals surface area contributed by atoms with E-state index in [9.17, 15) is 14.4 Å². The zero-order chi connectivity index (χ0) is 23.4. The van der Waals surface area contributed by atoms with Gasteiger partial charge >= 0.3 is 0 Å². The molecule has 2 heterocycles. The number of rotatable bonds is 8. The molecule has 4 rings (SSSR count). The minimum atomic E-state index is -0.392. The number of likely N-dealkylation sites (N-methyl/N-ethyl adjacent to an activating group) is 1. The summed E-state index contributed by atoms with van der Waals surface area (Å²) in [7, 11) is 3.55. The summed E-state index contributed by atoms with van der Waals surface area (Å²) in [5, 5.41) is 2.86. The van der Waals surface area contributed by atoms with Gasteiger partial charge in [0.15, 0.2) is 0 Å². The normalized spacial score (nSPS) is 16.3. The maximum atomic E-state index is 12.6. The second-order valence-electron chi connectivity index (χ2n) is 8.43. The first-order chi connectivity index (χ1) is 15.9. The van der Waals surface area contributed by atoms with Gasteiger partial charge < -0.3 is 14.8 Å². The van der Waals surface area contributed by atoms with Crippen LogP contribution < -0.4 is 10.1 Å². The molecule has 1 N–H and O–H groups in total. The van der Waals surface area contributed by atoms with Crippen molar-refractivity contribution < 1.29 is 23.9 Å². The Bertz CT molecular complexity index is 1050. The number of amides is 3. The van der Waals surface area contributed by atoms with Crippen LogP contribution in [0.15, 0.2) is 42.5 Å². The molecule has 3 amide bonds. The number of benzene rings is 2. The molecule has 174 valence electrons. The molecule has 2 aliphatic rings. The molecule has 8 nitrogen and oxygen atoms in total. The summed E-state index contributed by atoms with van der Waals surface area (Å²) in [5.74, 6) is -0.293. The summed E-state index contributed by atoms with van der Waals surface area (Å²) in [5.41, 5.74) is 1.84. The topological polar surface area (TPSA) is 88.2 Å². The zero-order valence-corrected chi connectivity index (χ0v) is 19.0. The van der Waals surface area contributed by atoms with Gasteiger partial charge in [-0.15, -0.1) is 0 Å². The Balaban J connectivity index is 1.29. The van der Waals surface area contributed by atoms with Crippen molar-refractivity contribution in [3.05, 3.63) is 64.7 Å². The average Bonchev–Trinajstić information content (AvgIpc) is 3.06. The number of ether oxygens (including phenoxy) is 2. The van der Waals surface area contributed by atoms with E-state index in [1.165, 1.54) is 19.2 Å². The molecule has 2 aromatic carbocycles. The van der Waals surface area contributed by atoms with E-state index in [1.807, 2.05) is 24.3 Å². The Labute approximate surface area is 193 Å². The molecule has 33 heavy (non-hydrogen) atoms. The largest absolute Gasteiger partial charge is 0.492 e. The highest BCUT2D eigenvalue weighted by atomic mass is 16.5. The Kier molecular flexibility index (Phi) is 7.05. The summed E-state index contributed by atoms with van der Waals surface area (Å²) in [6, 6.07) is 12.7. The number of hydrogen-bond donors (Lipinski definition) is 1. The lowest BCUT2D eigenvalue weighted by Gasteiger charge is -2.31. The van der Waals surface area contributed by atoms with Crippen molar-refractivity contribution >= 4 is 17.7 Å². The SMILES string of the molecule is CN1C(=O)c2ccc(C(=O)NCc3cccc(OCCN(C)C4CCOCC4)c3)cc2C1=O. The standard InChI is InChI=1S/C25H29N3O5/c1-27(19-8-11-32-12-9-19)10-13-33-20-5-3-4-17(14-20)16-26-23(29)18-6-7-21-22(15-18)25(31)28(2)24(21)30/h3-7,14-15,19H,8-13,16H2,1-2H3,(H,26,29). The summed E-state index contributed by atoms with van der Waals surface area (Å²) in [6.45, 7) is 3.38. The van der Waals surface area contributed by atoms with Crippen molar-refractivity contribution in [2.45, 2.75) is 25.4 Å². The van der Waals surface area contributed by atoms with Gasteiger partial charge in [-0.3, -0.25) is 24.2 Å². The molecular weight excluding hydrogens is 422 g/mol. The monoisotopic (exact) mass is 451 g/mol. The van der Waals surface area contributed by atoms with Crippen LogP contribution in [0, 0.1) is 0 Å². The first-order valence-corrected chi connectivity index (χ1v) is 11.2. The summed E-state index contributed by atoms with van der Waals surface area (Å²) >= 11 is 0. The minimum Gasteiger partial charge on any atom is -0.492 e. The fourth-order valence-electron chi connectivity index (χ4n) is 4.15. The molecule has 0 atom stereocenters. The van der Waals surface area contributed by atoms with E-state index in [2.05, 4.69) is 17.3 Å². The second-order valence-corrected chi connectivity index (χ2v) is 8.43. The molecule has 0 bridgehead atoms. The predicted octanol–water partition coefficient (Wildman–Crippen LogP) is 2.33. The predicted molar refractivity (Wildman–Crippen MR) is 122 cm³/mol. The van der Waals surface area contributed by atoms with E-state index < -0.39 is 5.91 Å². The van der Waals surface area contributed by atoms with Gasteiger partial charge in [0, 0.05) is 45.0 Å². The van der Waals surface area contributed by atoms with Crippen molar-refractivity contribution in [2.75, 3.05) is 40.5 Å². The molecule has 2 aliphatic heterocycles. The van der Waals surface area contributed by atoms with Gasteiger partial charge in [0.25, 0.3) is 17.7 Å². The molecule has 8 heteroatoms. The van der Waals surface area contributed by atoms with Crippen molar-refractivity contribution in [3.8, 4) is 5.75 Å². The molecule has 0 aliphatic carbocycles. The Morgan fingerprint density at radius 1 is 1.12 bits per heavy atom. The Hall–Kier alpha value is -3.23. The highest BCUT2D eigenvalue weighted by Gasteiger charge is 2.33. The van der Waals surface area contributed by atoms with E-state index in [0.717, 1.165) is 48.8 Å². The summed E-state index contributed by atoms with van der Waals surface area (Å²) in [6.07, 6.45) is 2.11. The van der Waals surface area contributed by atoms with E-state index >= 15 is 0 Å². The van der Waals surface area contributed by atoms with Crippen LogP contribution in [0.1, 0.15) is 49.5 Å². The van der Waals surface area contributed by atoms with Crippen molar-refractivity contribution in [1.29, 1.82) is 0 Å². The Morgan fingerprint density at radius 2 is 1.88 bits per heavy atom. The van der Waals surface area contributed by atoms with Crippen LogP contribution in [-0.2, 0) is 11.3 Å². The van der Waals surface area contributed by atoms with Gasteiger partial charge in [0.2, 0.25) is 0 Å². The van der Waals surface area contributed by atoms with E-state index in [1.54, 1.807) is 6.07 Å². The fourth-order valence-corrected chi connectivity index (χ4v) is 4.15. The van der Waals surface area contributed by atoms with Gasteiger partial charge in [-0.05, 0) is 55.8 Å². The van der Waals surface area contributed by atoms with Crippen molar-refractivity contribution in [3.63, 3.8) is 0 Å². The number of carbonyl (C=O) groups is 3. The number of imide groups is 1. The fraction of sp³-hybridized carbons (Fsp3) is 0.400. The molecule has 0 unspecified atom stereocenters. The highest BCUT2D eigenvalue weighted by molar-refractivity contribution is 6.21. The van der Waals surface area contributed by atoms with E-state index in [0.29, 0.717) is 30.3 Å². The van der Waals surface area contributed by atoms with Crippen molar-refractivity contribution in [1.82, 2.24) is 15.1 Å². The molecule has 1 saturated heterocycles. The molecule has 2 aromatic rings. The van der Waals surface area contributed by atoms with Crippen LogP contribution in [0.5, 0.6) is 5.75 Å². The van der Waals surface area contributed by atoms with E-state index in [4.69, 9.17) is 9.47 Å². The third-order valence-corrected chi connectivity index (χ3v) is 6.23. The minimum absolute atomic E-state index is 0.260. The number of carbonyl (C=O) groups excluding carboxylic acids is 3. The first-order valence-electron chi connectivity index (χ1n) is 11.2. The lowest BCUT2D eigenvalue weighted by molar-refractivity contribution is 0.0392. The van der Waals surface area contributed by atoms with Gasteiger partial charge in [-0.25, -0.2) is 0 Å². The molecule has 0 saturated carbocycles. The van der Waals surface area contributed by atoms with Crippen LogP contribution in [0.3, 0.4) is 0 Å². The van der Waals surface area contributed by atoms with Crippen LogP contribution >= 0.6 is 0 Å². The van der Waals surface area contributed by atoms with Gasteiger partial charge in [-0.1, -0.05) is 12.1 Å². The molecule has 1 fully saturated rings. The quantitative estimate of drug-likeness (QED) is 0.620. The maximum absolute atomic E-state index is 12.6. The molecular formula is C25H29N3O5. The van der Waals surface area contributed by atoms with Crippen LogP contribution in [0.4, 0.5) is 0 Å². The van der Waals surface area contributed by atoms with Gasteiger partial charge in [0.1, 0.15) is 12.4 Å². The maximum Gasteiger partial charge on any atom is 0.261 e. The zero-order valence-electron chi connectivity index (χ0n) is 19.0.